The van der Waals surface area contributed by atoms with Gasteiger partial charge in [-0.3, -0.25) is 0 Å². The lowest BCUT2D eigenvalue weighted by Crippen LogP contribution is -1.95. The van der Waals surface area contributed by atoms with E-state index in [1.165, 1.54) is 22.3 Å². The van der Waals surface area contributed by atoms with Crippen molar-refractivity contribution < 1.29 is 0 Å². The van der Waals surface area contributed by atoms with Crippen molar-refractivity contribution >= 4 is 11.6 Å². The number of hydrogen-bond donors (Lipinski definition) is 0. The van der Waals surface area contributed by atoms with Crippen LogP contribution in [0.15, 0.2) is 12.1 Å². The standard InChI is InChI=1S/C12H15Cl/c1-7-4-5-8(2)11-10(7)6-9(3)12(11)13/h4-5,9,12H,6H2,1-3H3. The molecule has 0 heterocycles. The summed E-state index contributed by atoms with van der Waals surface area (Å²) in [5.41, 5.74) is 5.64. The van der Waals surface area contributed by atoms with Crippen molar-refractivity contribution in [3.05, 3.63) is 34.4 Å². The third-order valence-corrected chi connectivity index (χ3v) is 3.76. The molecule has 0 spiro atoms. The Morgan fingerprint density at radius 3 is 2.46 bits per heavy atom. The average Bonchev–Trinajstić information content (AvgIpc) is 2.38. The number of alkyl halides is 1. The van der Waals surface area contributed by atoms with E-state index >= 15 is 0 Å². The van der Waals surface area contributed by atoms with Gasteiger partial charge in [0, 0.05) is 0 Å². The van der Waals surface area contributed by atoms with E-state index in [1.54, 1.807) is 0 Å². The number of fused-ring (bicyclic) bond motifs is 1. The van der Waals surface area contributed by atoms with E-state index < -0.39 is 0 Å². The molecule has 0 nitrogen and oxygen atoms in total. The number of benzene rings is 1. The van der Waals surface area contributed by atoms with Crippen molar-refractivity contribution in [2.45, 2.75) is 32.6 Å². The molecule has 70 valence electrons. The zero-order chi connectivity index (χ0) is 9.59. The molecule has 0 bridgehead atoms. The predicted octanol–water partition coefficient (Wildman–Crippen LogP) is 3.78. The van der Waals surface area contributed by atoms with E-state index in [0.717, 1.165) is 6.42 Å². The molecule has 1 aromatic rings. The van der Waals surface area contributed by atoms with E-state index in [2.05, 4.69) is 32.9 Å². The van der Waals surface area contributed by atoms with Gasteiger partial charge in [0.2, 0.25) is 0 Å². The van der Waals surface area contributed by atoms with Gasteiger partial charge in [0.15, 0.2) is 0 Å². The average molecular weight is 195 g/mol. The summed E-state index contributed by atoms with van der Waals surface area (Å²) < 4.78 is 0. The number of rotatable bonds is 0. The molecule has 1 heteroatoms. The Hall–Kier alpha value is -0.490. The molecular formula is C12H15Cl. The van der Waals surface area contributed by atoms with Crippen molar-refractivity contribution in [2.24, 2.45) is 5.92 Å². The topological polar surface area (TPSA) is 0 Å². The van der Waals surface area contributed by atoms with Crippen LogP contribution in [-0.4, -0.2) is 0 Å². The molecule has 13 heavy (non-hydrogen) atoms. The summed E-state index contributed by atoms with van der Waals surface area (Å²) in [6.07, 6.45) is 1.15. The van der Waals surface area contributed by atoms with Gasteiger partial charge >= 0.3 is 0 Å². The lowest BCUT2D eigenvalue weighted by atomic mass is 10.00. The highest BCUT2D eigenvalue weighted by atomic mass is 35.5. The summed E-state index contributed by atoms with van der Waals surface area (Å²) >= 11 is 6.37. The summed E-state index contributed by atoms with van der Waals surface area (Å²) in [6.45, 7) is 6.57. The fourth-order valence-corrected chi connectivity index (χ4v) is 2.65. The molecule has 2 rings (SSSR count). The Balaban J connectivity index is 2.61. The summed E-state index contributed by atoms with van der Waals surface area (Å²) in [5, 5.41) is 0.231. The lowest BCUT2D eigenvalue weighted by molar-refractivity contribution is 0.607. The molecule has 0 N–H and O–H groups in total. The monoisotopic (exact) mass is 194 g/mol. The van der Waals surface area contributed by atoms with Crippen LogP contribution in [0.1, 0.15) is 34.6 Å². The maximum Gasteiger partial charge on any atom is 0.0619 e. The van der Waals surface area contributed by atoms with E-state index in [-0.39, 0.29) is 5.38 Å². The van der Waals surface area contributed by atoms with Crippen LogP contribution in [0.4, 0.5) is 0 Å². The fraction of sp³-hybridized carbons (Fsp3) is 0.500. The zero-order valence-corrected chi connectivity index (χ0v) is 9.15. The summed E-state index contributed by atoms with van der Waals surface area (Å²) in [6, 6.07) is 4.39. The third-order valence-electron chi connectivity index (χ3n) is 3.11. The van der Waals surface area contributed by atoms with Gasteiger partial charge in [0.1, 0.15) is 0 Å². The summed E-state index contributed by atoms with van der Waals surface area (Å²) in [4.78, 5) is 0. The second kappa shape index (κ2) is 3.02. The Morgan fingerprint density at radius 1 is 1.23 bits per heavy atom. The highest BCUT2D eigenvalue weighted by Gasteiger charge is 2.29. The molecule has 1 aromatic carbocycles. The van der Waals surface area contributed by atoms with Gasteiger partial charge < -0.3 is 0 Å². The van der Waals surface area contributed by atoms with Gasteiger partial charge in [0.05, 0.1) is 5.38 Å². The number of aryl methyl sites for hydroxylation is 2. The van der Waals surface area contributed by atoms with Crippen molar-refractivity contribution in [1.29, 1.82) is 0 Å². The summed E-state index contributed by atoms with van der Waals surface area (Å²) in [5.74, 6) is 0.594. The highest BCUT2D eigenvalue weighted by molar-refractivity contribution is 6.21. The van der Waals surface area contributed by atoms with Crippen molar-refractivity contribution in [3.63, 3.8) is 0 Å². The second-order valence-corrected chi connectivity index (χ2v) is 4.64. The SMILES string of the molecule is Cc1ccc(C)c2c1CC(C)C2Cl. The molecule has 2 atom stereocenters. The smallest absolute Gasteiger partial charge is 0.0619 e. The molecule has 1 aliphatic carbocycles. The van der Waals surface area contributed by atoms with Gasteiger partial charge in [0.25, 0.3) is 0 Å². The van der Waals surface area contributed by atoms with E-state index in [1.807, 2.05) is 0 Å². The van der Waals surface area contributed by atoms with Crippen LogP contribution in [0.5, 0.6) is 0 Å². The lowest BCUT2D eigenvalue weighted by Gasteiger charge is -2.10. The highest BCUT2D eigenvalue weighted by Crippen LogP contribution is 2.43. The van der Waals surface area contributed by atoms with Gasteiger partial charge in [-0.25, -0.2) is 0 Å². The van der Waals surface area contributed by atoms with Gasteiger partial charge in [-0.15, -0.1) is 11.6 Å². The predicted molar refractivity (Wildman–Crippen MR) is 57.4 cm³/mol. The maximum atomic E-state index is 6.37. The van der Waals surface area contributed by atoms with Crippen molar-refractivity contribution in [1.82, 2.24) is 0 Å². The molecule has 2 unspecified atom stereocenters. The third kappa shape index (κ3) is 1.28. The number of halogens is 1. The van der Waals surface area contributed by atoms with Crippen LogP contribution < -0.4 is 0 Å². The van der Waals surface area contributed by atoms with Gasteiger partial charge in [-0.2, -0.15) is 0 Å². The Kier molecular flexibility index (Phi) is 2.11. The largest absolute Gasteiger partial charge is 0.117 e. The normalized spacial score (nSPS) is 26.2. The minimum Gasteiger partial charge on any atom is -0.117 e. The molecule has 0 aliphatic heterocycles. The van der Waals surface area contributed by atoms with Crippen LogP contribution in [0.25, 0.3) is 0 Å². The van der Waals surface area contributed by atoms with Crippen LogP contribution in [-0.2, 0) is 6.42 Å². The Labute approximate surface area is 84.9 Å². The molecule has 0 radical (unpaired) electrons. The van der Waals surface area contributed by atoms with E-state index in [4.69, 9.17) is 11.6 Å². The molecule has 0 saturated heterocycles. The molecule has 0 amide bonds. The molecule has 0 aromatic heterocycles. The minimum absolute atomic E-state index is 0.231. The van der Waals surface area contributed by atoms with Crippen molar-refractivity contribution in [2.75, 3.05) is 0 Å². The first-order valence-corrected chi connectivity index (χ1v) is 5.28. The van der Waals surface area contributed by atoms with E-state index in [0.29, 0.717) is 5.92 Å². The molecule has 0 saturated carbocycles. The first kappa shape index (κ1) is 9.08. The first-order valence-electron chi connectivity index (χ1n) is 4.84. The maximum absolute atomic E-state index is 6.37. The fourth-order valence-electron chi connectivity index (χ4n) is 2.26. The number of hydrogen-bond acceptors (Lipinski definition) is 0. The molecular weight excluding hydrogens is 180 g/mol. The van der Waals surface area contributed by atoms with Crippen LogP contribution in [0, 0.1) is 19.8 Å². The Bertz CT molecular complexity index is 341. The van der Waals surface area contributed by atoms with E-state index in [9.17, 15) is 0 Å². The Morgan fingerprint density at radius 2 is 1.85 bits per heavy atom. The van der Waals surface area contributed by atoms with Gasteiger partial charge in [-0.1, -0.05) is 19.1 Å². The van der Waals surface area contributed by atoms with Crippen molar-refractivity contribution in [3.8, 4) is 0 Å². The molecule has 0 fully saturated rings. The molecule has 1 aliphatic rings. The first-order chi connectivity index (χ1) is 6.11. The van der Waals surface area contributed by atoms with Gasteiger partial charge in [-0.05, 0) is 48.4 Å². The van der Waals surface area contributed by atoms with Crippen LogP contribution in [0.2, 0.25) is 0 Å². The quantitative estimate of drug-likeness (QED) is 0.552. The zero-order valence-electron chi connectivity index (χ0n) is 8.39. The van der Waals surface area contributed by atoms with Crippen LogP contribution in [0.3, 0.4) is 0 Å². The minimum atomic E-state index is 0.231. The van der Waals surface area contributed by atoms with Crippen LogP contribution >= 0.6 is 11.6 Å². The second-order valence-electron chi connectivity index (χ2n) is 4.17. The summed E-state index contributed by atoms with van der Waals surface area (Å²) in [7, 11) is 0.